The van der Waals surface area contributed by atoms with Crippen molar-refractivity contribution < 1.29 is 4.79 Å². The van der Waals surface area contributed by atoms with Gasteiger partial charge in [-0.25, -0.2) is 14.5 Å². The minimum atomic E-state index is -0.142. The summed E-state index contributed by atoms with van der Waals surface area (Å²) in [6.45, 7) is 1.94. The third-order valence-corrected chi connectivity index (χ3v) is 4.23. The third kappa shape index (κ3) is 3.49. The van der Waals surface area contributed by atoms with Crippen LogP contribution in [0.3, 0.4) is 0 Å². The molecule has 1 aliphatic rings. The Labute approximate surface area is 144 Å². The van der Waals surface area contributed by atoms with Gasteiger partial charge < -0.3 is 4.90 Å². The van der Waals surface area contributed by atoms with E-state index >= 15 is 0 Å². The summed E-state index contributed by atoms with van der Waals surface area (Å²) in [4.78, 5) is 22.1. The number of hydrogen-bond donors (Lipinski definition) is 1. The fraction of sp³-hybridized carbons (Fsp3) is 0.312. The standard InChI is InChI=1S/C16H18N8O/c25-16(22-7-3-14(10-22)24-12-18-11-19-24)20-15-4-8-23(21-15)9-13-1-5-17-6-2-13/h1-2,4-6,8,11-12,14H,3,7,9-10H2,(H,20,21,25). The average molecular weight is 338 g/mol. The molecule has 0 aliphatic carbocycles. The Morgan fingerprint density at radius 1 is 1.24 bits per heavy atom. The van der Waals surface area contributed by atoms with Gasteiger partial charge in [-0.2, -0.15) is 10.2 Å². The first-order valence-electron chi connectivity index (χ1n) is 8.10. The van der Waals surface area contributed by atoms with Crippen LogP contribution in [-0.4, -0.2) is 53.5 Å². The van der Waals surface area contributed by atoms with Crippen molar-refractivity contribution in [1.29, 1.82) is 0 Å². The number of likely N-dealkylation sites (tertiary alicyclic amines) is 1. The van der Waals surface area contributed by atoms with Gasteiger partial charge in [-0.05, 0) is 24.1 Å². The van der Waals surface area contributed by atoms with Crippen molar-refractivity contribution in [2.45, 2.75) is 19.0 Å². The lowest BCUT2D eigenvalue weighted by Crippen LogP contribution is -2.33. The van der Waals surface area contributed by atoms with Crippen molar-refractivity contribution in [1.82, 2.24) is 34.4 Å². The van der Waals surface area contributed by atoms with Gasteiger partial charge in [0.2, 0.25) is 0 Å². The molecule has 9 nitrogen and oxygen atoms in total. The van der Waals surface area contributed by atoms with E-state index in [0.717, 1.165) is 12.0 Å². The smallest absolute Gasteiger partial charge is 0.322 e. The topological polar surface area (TPSA) is 93.8 Å². The van der Waals surface area contributed by atoms with Crippen LogP contribution >= 0.6 is 0 Å². The summed E-state index contributed by atoms with van der Waals surface area (Å²) in [5.74, 6) is 0.545. The zero-order chi connectivity index (χ0) is 17.1. The summed E-state index contributed by atoms with van der Waals surface area (Å²) in [6.07, 6.45) is 9.41. The van der Waals surface area contributed by atoms with Gasteiger partial charge in [0.05, 0.1) is 12.6 Å². The molecule has 1 aliphatic heterocycles. The number of pyridine rings is 1. The van der Waals surface area contributed by atoms with Crippen molar-refractivity contribution in [2.75, 3.05) is 18.4 Å². The van der Waals surface area contributed by atoms with E-state index in [1.807, 2.05) is 18.3 Å². The first kappa shape index (κ1) is 15.3. The van der Waals surface area contributed by atoms with Gasteiger partial charge in [0, 0.05) is 37.7 Å². The molecule has 0 spiro atoms. The van der Waals surface area contributed by atoms with Crippen LogP contribution in [0, 0.1) is 0 Å². The third-order valence-electron chi connectivity index (χ3n) is 4.23. The number of nitrogens with one attached hydrogen (secondary N) is 1. The van der Waals surface area contributed by atoms with Gasteiger partial charge in [0.1, 0.15) is 12.7 Å². The van der Waals surface area contributed by atoms with Crippen molar-refractivity contribution in [3.63, 3.8) is 0 Å². The molecular formula is C16H18N8O. The zero-order valence-corrected chi connectivity index (χ0v) is 13.6. The van der Waals surface area contributed by atoms with Crippen molar-refractivity contribution in [3.05, 3.63) is 55.0 Å². The summed E-state index contributed by atoms with van der Waals surface area (Å²) < 4.78 is 3.59. The predicted octanol–water partition coefficient (Wildman–Crippen LogP) is 1.40. The zero-order valence-electron chi connectivity index (χ0n) is 13.6. The van der Waals surface area contributed by atoms with E-state index in [1.54, 1.807) is 39.1 Å². The second kappa shape index (κ2) is 6.71. The summed E-state index contributed by atoms with van der Waals surface area (Å²) in [7, 11) is 0. The molecule has 3 aromatic rings. The number of hydrogen-bond acceptors (Lipinski definition) is 5. The van der Waals surface area contributed by atoms with Crippen molar-refractivity contribution >= 4 is 11.8 Å². The van der Waals surface area contributed by atoms with Gasteiger partial charge in [-0.15, -0.1) is 0 Å². The van der Waals surface area contributed by atoms with Crippen LogP contribution in [0.5, 0.6) is 0 Å². The number of amides is 2. The molecule has 1 N–H and O–H groups in total. The second-order valence-electron chi connectivity index (χ2n) is 5.95. The molecule has 2 amide bonds. The summed E-state index contributed by atoms with van der Waals surface area (Å²) in [5, 5.41) is 11.4. The van der Waals surface area contributed by atoms with Gasteiger partial charge in [0.25, 0.3) is 0 Å². The molecule has 0 radical (unpaired) electrons. The van der Waals surface area contributed by atoms with Crippen LogP contribution in [-0.2, 0) is 6.54 Å². The minimum absolute atomic E-state index is 0.142. The molecule has 0 bridgehead atoms. The maximum absolute atomic E-state index is 12.4. The number of rotatable bonds is 4. The molecule has 1 atom stereocenters. The Morgan fingerprint density at radius 2 is 2.12 bits per heavy atom. The number of carbonyl (C=O) groups excluding carboxylic acids is 1. The molecule has 3 aromatic heterocycles. The lowest BCUT2D eigenvalue weighted by Gasteiger charge is -2.16. The fourth-order valence-corrected chi connectivity index (χ4v) is 2.93. The van der Waals surface area contributed by atoms with Crippen LogP contribution in [0.25, 0.3) is 0 Å². The molecular weight excluding hydrogens is 320 g/mol. The largest absolute Gasteiger partial charge is 0.323 e. The highest BCUT2D eigenvalue weighted by Gasteiger charge is 2.28. The van der Waals surface area contributed by atoms with Crippen LogP contribution < -0.4 is 5.32 Å². The molecule has 0 aromatic carbocycles. The van der Waals surface area contributed by atoms with E-state index in [4.69, 9.17) is 0 Å². The maximum Gasteiger partial charge on any atom is 0.323 e. The Hall–Kier alpha value is -3.23. The normalized spacial score (nSPS) is 17.0. The van der Waals surface area contributed by atoms with Crippen LogP contribution in [0.1, 0.15) is 18.0 Å². The first-order chi connectivity index (χ1) is 12.3. The van der Waals surface area contributed by atoms with E-state index in [2.05, 4.69) is 25.5 Å². The Morgan fingerprint density at radius 3 is 2.92 bits per heavy atom. The van der Waals surface area contributed by atoms with Gasteiger partial charge >= 0.3 is 6.03 Å². The van der Waals surface area contributed by atoms with Crippen LogP contribution in [0.15, 0.2) is 49.4 Å². The average Bonchev–Trinajstić information content (AvgIpc) is 3.37. The van der Waals surface area contributed by atoms with Crippen LogP contribution in [0.4, 0.5) is 10.6 Å². The van der Waals surface area contributed by atoms with Crippen LogP contribution in [0.2, 0.25) is 0 Å². The van der Waals surface area contributed by atoms with Crippen molar-refractivity contribution in [3.8, 4) is 0 Å². The maximum atomic E-state index is 12.4. The molecule has 1 fully saturated rings. The van der Waals surface area contributed by atoms with Crippen molar-refractivity contribution in [2.24, 2.45) is 0 Å². The SMILES string of the molecule is O=C(Nc1ccn(Cc2ccncc2)n1)N1CCC(n2cncn2)C1. The molecule has 4 rings (SSSR count). The summed E-state index contributed by atoms with van der Waals surface area (Å²) in [6, 6.07) is 5.71. The quantitative estimate of drug-likeness (QED) is 0.776. The molecule has 1 unspecified atom stereocenters. The lowest BCUT2D eigenvalue weighted by molar-refractivity contribution is 0.220. The predicted molar refractivity (Wildman–Crippen MR) is 89.8 cm³/mol. The Kier molecular flexibility index (Phi) is 4.11. The fourth-order valence-electron chi connectivity index (χ4n) is 2.93. The number of aromatic nitrogens is 6. The lowest BCUT2D eigenvalue weighted by atomic mass is 10.3. The van der Waals surface area contributed by atoms with Gasteiger partial charge in [-0.3, -0.25) is 15.0 Å². The Balaban J connectivity index is 1.34. The second-order valence-corrected chi connectivity index (χ2v) is 5.95. The number of carbonyl (C=O) groups is 1. The highest BCUT2D eigenvalue weighted by Crippen LogP contribution is 2.20. The number of anilines is 1. The highest BCUT2D eigenvalue weighted by molar-refractivity contribution is 5.88. The Bertz CT molecular complexity index is 829. The molecule has 128 valence electrons. The molecule has 0 saturated carbocycles. The first-order valence-corrected chi connectivity index (χ1v) is 8.10. The van der Waals surface area contributed by atoms with E-state index in [0.29, 0.717) is 25.5 Å². The molecule has 1 saturated heterocycles. The van der Waals surface area contributed by atoms with E-state index in [9.17, 15) is 4.79 Å². The molecule has 4 heterocycles. The van der Waals surface area contributed by atoms with E-state index in [-0.39, 0.29) is 12.1 Å². The molecule has 9 heteroatoms. The molecule has 25 heavy (non-hydrogen) atoms. The van der Waals surface area contributed by atoms with E-state index in [1.165, 1.54) is 6.33 Å². The monoisotopic (exact) mass is 338 g/mol. The van der Waals surface area contributed by atoms with Gasteiger partial charge in [-0.1, -0.05) is 0 Å². The highest BCUT2D eigenvalue weighted by atomic mass is 16.2. The minimum Gasteiger partial charge on any atom is -0.322 e. The van der Waals surface area contributed by atoms with Gasteiger partial charge in [0.15, 0.2) is 5.82 Å². The summed E-state index contributed by atoms with van der Waals surface area (Å²) in [5.41, 5.74) is 1.10. The number of nitrogens with zero attached hydrogens (tertiary/aromatic N) is 7. The number of urea groups is 1. The summed E-state index contributed by atoms with van der Waals surface area (Å²) >= 11 is 0. The van der Waals surface area contributed by atoms with E-state index < -0.39 is 0 Å².